The molecule has 2 unspecified atom stereocenters. The summed E-state index contributed by atoms with van der Waals surface area (Å²) in [5.41, 5.74) is 2.16. The van der Waals surface area contributed by atoms with Gasteiger partial charge in [0.15, 0.2) is 5.16 Å². The third-order valence-electron chi connectivity index (χ3n) is 6.95. The van der Waals surface area contributed by atoms with Crippen LogP contribution in [0, 0.1) is 26.9 Å². The van der Waals surface area contributed by atoms with Gasteiger partial charge >= 0.3 is 0 Å². The number of benzene rings is 1. The van der Waals surface area contributed by atoms with Gasteiger partial charge in [0, 0.05) is 29.8 Å². The van der Waals surface area contributed by atoms with E-state index in [9.17, 15) is 10.1 Å². The van der Waals surface area contributed by atoms with Crippen molar-refractivity contribution in [3.8, 4) is 0 Å². The van der Waals surface area contributed by atoms with Crippen LogP contribution in [0.5, 0.6) is 0 Å². The maximum Gasteiger partial charge on any atom is 0.283 e. The molecule has 0 radical (unpaired) electrons. The third kappa shape index (κ3) is 3.27. The van der Waals surface area contributed by atoms with Crippen molar-refractivity contribution in [1.29, 1.82) is 0 Å². The molecule has 0 saturated heterocycles. The fourth-order valence-electron chi connectivity index (χ4n) is 4.55. The summed E-state index contributed by atoms with van der Waals surface area (Å²) in [6, 6.07) is 5.05. The van der Waals surface area contributed by atoms with Gasteiger partial charge in [-0.25, -0.2) is 0 Å². The average molecular weight is 413 g/mol. The lowest BCUT2D eigenvalue weighted by Crippen LogP contribution is -2.32. The third-order valence-corrected chi connectivity index (χ3v) is 8.07. The van der Waals surface area contributed by atoms with Crippen LogP contribution in [0.1, 0.15) is 45.6 Å². The Morgan fingerprint density at radius 3 is 2.76 bits per heavy atom. The maximum absolute atomic E-state index is 11.5. The molecule has 9 heteroatoms. The van der Waals surface area contributed by atoms with Gasteiger partial charge in [0.25, 0.3) is 5.69 Å². The Bertz CT molecular complexity index is 1030. The van der Waals surface area contributed by atoms with E-state index in [2.05, 4.69) is 41.2 Å². The number of hydrogen-bond acceptors (Lipinski definition) is 7. The first-order valence-corrected chi connectivity index (χ1v) is 10.4. The van der Waals surface area contributed by atoms with E-state index in [1.165, 1.54) is 24.2 Å². The molecule has 1 heterocycles. The number of nitro groups is 1. The van der Waals surface area contributed by atoms with Gasteiger partial charge < -0.3 is 4.57 Å². The zero-order valence-electron chi connectivity index (χ0n) is 17.0. The highest BCUT2D eigenvalue weighted by atomic mass is 32.2. The van der Waals surface area contributed by atoms with E-state index >= 15 is 0 Å². The summed E-state index contributed by atoms with van der Waals surface area (Å²) in [4.78, 5) is 11.7. The molecule has 1 aromatic heterocycles. The first kappa shape index (κ1) is 19.8. The summed E-state index contributed by atoms with van der Waals surface area (Å²) < 4.78 is 1.72. The van der Waals surface area contributed by atoms with Crippen molar-refractivity contribution in [1.82, 2.24) is 14.8 Å². The predicted molar refractivity (Wildman–Crippen MR) is 112 cm³/mol. The molecule has 4 rings (SSSR count). The fraction of sp³-hybridized carbons (Fsp3) is 0.500. The quantitative estimate of drug-likeness (QED) is 0.409. The van der Waals surface area contributed by atoms with Crippen LogP contribution < -0.4 is 0 Å². The Labute approximate surface area is 173 Å². The smallest absolute Gasteiger partial charge is 0.283 e. The first-order valence-electron chi connectivity index (χ1n) is 9.63. The van der Waals surface area contributed by atoms with Crippen molar-refractivity contribution in [2.75, 3.05) is 0 Å². The van der Waals surface area contributed by atoms with Crippen LogP contribution in [-0.4, -0.2) is 31.6 Å². The van der Waals surface area contributed by atoms with Gasteiger partial charge in [-0.05, 0) is 48.4 Å². The van der Waals surface area contributed by atoms with Crippen molar-refractivity contribution >= 4 is 29.4 Å². The average Bonchev–Trinajstić information content (AvgIpc) is 3.23. The molecule has 2 aromatic rings. The van der Waals surface area contributed by atoms with E-state index in [1.54, 1.807) is 30.2 Å². The summed E-state index contributed by atoms with van der Waals surface area (Å²) in [5.74, 6) is 0.666. The SMILES string of the molecule is Cn1cnnc1Sc1ccc(/C=N/N=C2\CC3CCC2(C)C3(C)C)cc1[N+](=O)[O-]. The van der Waals surface area contributed by atoms with Crippen LogP contribution in [0.3, 0.4) is 0 Å². The van der Waals surface area contributed by atoms with E-state index in [4.69, 9.17) is 0 Å². The second-order valence-corrected chi connectivity index (χ2v) is 9.60. The number of fused-ring (bicyclic) bond motifs is 2. The van der Waals surface area contributed by atoms with Gasteiger partial charge in [0.1, 0.15) is 6.33 Å². The summed E-state index contributed by atoms with van der Waals surface area (Å²) in [6.07, 6.45) is 6.56. The minimum Gasteiger partial charge on any atom is -0.311 e. The van der Waals surface area contributed by atoms with Gasteiger partial charge in [0.05, 0.1) is 16.0 Å². The molecule has 2 fully saturated rings. The topological polar surface area (TPSA) is 98.6 Å². The summed E-state index contributed by atoms with van der Waals surface area (Å²) in [5, 5.41) is 28.7. The monoisotopic (exact) mass is 412 g/mol. The summed E-state index contributed by atoms with van der Waals surface area (Å²) in [6.45, 7) is 6.94. The molecule has 0 spiro atoms. The van der Waals surface area contributed by atoms with E-state index in [1.807, 2.05) is 6.07 Å². The second-order valence-electron chi connectivity index (χ2n) is 8.60. The largest absolute Gasteiger partial charge is 0.311 e. The lowest BCUT2D eigenvalue weighted by atomic mass is 9.70. The Hall–Kier alpha value is -2.55. The molecular formula is C20H24N6O2S. The zero-order chi connectivity index (χ0) is 20.8. The van der Waals surface area contributed by atoms with Gasteiger partial charge in [-0.15, -0.1) is 10.2 Å². The van der Waals surface area contributed by atoms with Crippen LogP contribution in [-0.2, 0) is 7.05 Å². The van der Waals surface area contributed by atoms with E-state index < -0.39 is 0 Å². The number of aromatic nitrogens is 3. The summed E-state index contributed by atoms with van der Waals surface area (Å²) >= 11 is 1.21. The molecule has 2 bridgehead atoms. The van der Waals surface area contributed by atoms with E-state index in [0.717, 1.165) is 18.6 Å². The molecule has 0 amide bonds. The van der Waals surface area contributed by atoms with Crippen LogP contribution in [0.15, 0.2) is 44.8 Å². The number of nitro benzene ring substituents is 1. The van der Waals surface area contributed by atoms with Crippen LogP contribution >= 0.6 is 11.8 Å². The normalized spacial score (nSPS) is 26.6. The van der Waals surface area contributed by atoms with Crippen LogP contribution in [0.25, 0.3) is 0 Å². The van der Waals surface area contributed by atoms with Crippen molar-refractivity contribution < 1.29 is 4.92 Å². The molecule has 1 aromatic carbocycles. The number of hydrogen-bond donors (Lipinski definition) is 0. The van der Waals surface area contributed by atoms with Crippen molar-refractivity contribution in [3.63, 3.8) is 0 Å². The van der Waals surface area contributed by atoms with Crippen molar-refractivity contribution in [3.05, 3.63) is 40.2 Å². The fourth-order valence-corrected chi connectivity index (χ4v) is 5.40. The molecule has 152 valence electrons. The van der Waals surface area contributed by atoms with Crippen LogP contribution in [0.4, 0.5) is 5.69 Å². The van der Waals surface area contributed by atoms with Crippen molar-refractivity contribution in [2.45, 2.75) is 50.1 Å². The standard InChI is InChI=1S/C20H24N6O2S/c1-19(2)14-7-8-20(19,3)17(10-14)23-21-11-13-5-6-16(15(9-13)26(27)28)29-18-24-22-12-25(18)4/h5-6,9,11-12,14H,7-8,10H2,1-4H3/b21-11+,23-17+. The molecule has 2 aliphatic carbocycles. The highest BCUT2D eigenvalue weighted by Gasteiger charge is 2.59. The van der Waals surface area contributed by atoms with E-state index in [0.29, 0.717) is 21.5 Å². The van der Waals surface area contributed by atoms with Crippen molar-refractivity contribution in [2.24, 2.45) is 34.0 Å². The maximum atomic E-state index is 11.5. The Morgan fingerprint density at radius 2 is 2.17 bits per heavy atom. The van der Waals surface area contributed by atoms with Gasteiger partial charge in [-0.2, -0.15) is 10.2 Å². The predicted octanol–water partition coefficient (Wildman–Crippen LogP) is 4.50. The molecular weight excluding hydrogens is 388 g/mol. The minimum absolute atomic E-state index is 0.0163. The Balaban J connectivity index is 1.56. The minimum atomic E-state index is -0.387. The Morgan fingerprint density at radius 1 is 1.38 bits per heavy atom. The lowest BCUT2D eigenvalue weighted by molar-refractivity contribution is -0.387. The summed E-state index contributed by atoms with van der Waals surface area (Å²) in [7, 11) is 1.80. The van der Waals surface area contributed by atoms with Gasteiger partial charge in [-0.3, -0.25) is 10.1 Å². The highest BCUT2D eigenvalue weighted by molar-refractivity contribution is 7.99. The second kappa shape index (κ2) is 7.05. The number of aryl methyl sites for hydroxylation is 1. The zero-order valence-corrected chi connectivity index (χ0v) is 17.8. The number of nitrogens with zero attached hydrogens (tertiary/aromatic N) is 6. The van der Waals surface area contributed by atoms with Gasteiger partial charge in [0.2, 0.25) is 0 Å². The highest BCUT2D eigenvalue weighted by Crippen LogP contribution is 2.64. The molecule has 8 nitrogen and oxygen atoms in total. The van der Waals surface area contributed by atoms with Crippen LogP contribution in [0.2, 0.25) is 0 Å². The first-order chi connectivity index (χ1) is 13.7. The molecule has 29 heavy (non-hydrogen) atoms. The molecule has 0 aliphatic heterocycles. The molecule has 0 N–H and O–H groups in total. The Kier molecular flexibility index (Phi) is 4.80. The van der Waals surface area contributed by atoms with E-state index in [-0.39, 0.29) is 21.4 Å². The van der Waals surface area contributed by atoms with Gasteiger partial charge in [-0.1, -0.05) is 26.8 Å². The molecule has 2 atom stereocenters. The lowest BCUT2D eigenvalue weighted by Gasteiger charge is -2.34. The molecule has 2 saturated carbocycles. The molecule has 2 aliphatic rings. The number of rotatable bonds is 5.